The van der Waals surface area contributed by atoms with Crippen LogP contribution < -0.4 is 14.6 Å². The maximum Gasteiger partial charge on any atom is 0.866 e. The van der Waals surface area contributed by atoms with Crippen molar-refractivity contribution in [2.24, 2.45) is 0 Å². The topological polar surface area (TPSA) is 56.8 Å². The number of rotatable bonds is 2. The SMILES string of the molecule is O=C(OB1Oc2ccc3ccccc3c2-c2c(ccc3ccccc23)O1)[C@@H]1CCCN1. The molecule has 2 aliphatic heterocycles. The van der Waals surface area contributed by atoms with E-state index < -0.39 is 7.32 Å². The zero-order valence-corrected chi connectivity index (χ0v) is 16.8. The van der Waals surface area contributed by atoms with E-state index in [0.717, 1.165) is 52.1 Å². The minimum atomic E-state index is -1.16. The van der Waals surface area contributed by atoms with Crippen LogP contribution in [-0.4, -0.2) is 25.9 Å². The van der Waals surface area contributed by atoms with E-state index in [1.54, 1.807) is 0 Å². The van der Waals surface area contributed by atoms with Crippen molar-refractivity contribution >= 4 is 34.8 Å². The molecule has 1 N–H and O–H groups in total. The average molecular weight is 409 g/mol. The Kier molecular flexibility index (Phi) is 4.32. The number of fused-ring (bicyclic) bond motifs is 7. The number of carbonyl (C=O) groups excluding carboxylic acids is 1. The van der Waals surface area contributed by atoms with E-state index in [9.17, 15) is 4.79 Å². The summed E-state index contributed by atoms with van der Waals surface area (Å²) in [5, 5.41) is 7.50. The lowest BCUT2D eigenvalue weighted by atomic mass is 9.92. The predicted molar refractivity (Wildman–Crippen MR) is 121 cm³/mol. The highest BCUT2D eigenvalue weighted by Crippen LogP contribution is 2.47. The normalized spacial score (nSPS) is 17.4. The van der Waals surface area contributed by atoms with Crippen LogP contribution in [0.5, 0.6) is 11.5 Å². The van der Waals surface area contributed by atoms with Crippen LogP contribution in [0.4, 0.5) is 0 Å². The molecule has 31 heavy (non-hydrogen) atoms. The second-order valence-electron chi connectivity index (χ2n) is 7.93. The Morgan fingerprint density at radius 1 is 0.839 bits per heavy atom. The summed E-state index contributed by atoms with van der Waals surface area (Å²) in [6.45, 7) is 0.815. The smallest absolute Gasteiger partial charge is 0.489 e. The van der Waals surface area contributed by atoms with Crippen molar-refractivity contribution in [2.75, 3.05) is 6.54 Å². The van der Waals surface area contributed by atoms with Crippen LogP contribution in [0.3, 0.4) is 0 Å². The van der Waals surface area contributed by atoms with Gasteiger partial charge < -0.3 is 19.3 Å². The fraction of sp³-hybridized carbons (Fsp3) is 0.160. The molecule has 2 aliphatic rings. The lowest BCUT2D eigenvalue weighted by Crippen LogP contribution is -2.42. The van der Waals surface area contributed by atoms with Crippen molar-refractivity contribution in [2.45, 2.75) is 18.9 Å². The molecule has 0 radical (unpaired) electrons. The second kappa shape index (κ2) is 7.32. The predicted octanol–water partition coefficient (Wildman–Crippen LogP) is 4.71. The first-order valence-corrected chi connectivity index (χ1v) is 10.6. The van der Waals surface area contributed by atoms with Crippen LogP contribution in [0.25, 0.3) is 32.7 Å². The molecule has 0 aromatic heterocycles. The lowest BCUT2D eigenvalue weighted by molar-refractivity contribution is -0.138. The maximum atomic E-state index is 12.6. The Balaban J connectivity index is 1.54. The Bertz CT molecular complexity index is 1230. The third kappa shape index (κ3) is 3.11. The van der Waals surface area contributed by atoms with E-state index in [4.69, 9.17) is 14.0 Å². The molecule has 0 unspecified atom stereocenters. The zero-order chi connectivity index (χ0) is 20.8. The van der Waals surface area contributed by atoms with Crippen LogP contribution >= 0.6 is 0 Å². The second-order valence-corrected chi connectivity index (χ2v) is 7.93. The minimum Gasteiger partial charge on any atom is -0.489 e. The molecule has 0 amide bonds. The van der Waals surface area contributed by atoms with Gasteiger partial charge in [-0.15, -0.1) is 0 Å². The summed E-state index contributed by atoms with van der Waals surface area (Å²) >= 11 is 0. The van der Waals surface area contributed by atoms with Gasteiger partial charge in [0.25, 0.3) is 0 Å². The quantitative estimate of drug-likeness (QED) is 0.486. The Morgan fingerprint density at radius 3 is 1.97 bits per heavy atom. The molecule has 6 rings (SSSR count). The van der Waals surface area contributed by atoms with Crippen LogP contribution in [0, 0.1) is 0 Å². The number of hydrogen-bond acceptors (Lipinski definition) is 5. The summed E-state index contributed by atoms with van der Waals surface area (Å²) in [5.41, 5.74) is 1.89. The van der Waals surface area contributed by atoms with Gasteiger partial charge in [-0.1, -0.05) is 60.7 Å². The zero-order valence-electron chi connectivity index (χ0n) is 16.8. The summed E-state index contributed by atoms with van der Waals surface area (Å²) in [6, 6.07) is 24.0. The lowest BCUT2D eigenvalue weighted by Gasteiger charge is -2.16. The average Bonchev–Trinajstić information content (AvgIpc) is 3.29. The molecule has 0 bridgehead atoms. The fourth-order valence-electron chi connectivity index (χ4n) is 4.56. The van der Waals surface area contributed by atoms with Crippen molar-refractivity contribution in [1.82, 2.24) is 5.32 Å². The highest BCUT2D eigenvalue weighted by Gasteiger charge is 2.40. The molecule has 0 spiro atoms. The molecule has 152 valence electrons. The Labute approximate surface area is 180 Å². The summed E-state index contributed by atoms with van der Waals surface area (Å²) in [5.74, 6) is 0.908. The molecule has 6 heteroatoms. The first kappa shape index (κ1) is 18.3. The van der Waals surface area contributed by atoms with Crippen LogP contribution in [0.2, 0.25) is 0 Å². The molecule has 1 fully saturated rings. The standard InChI is InChI=1S/C25H20BNO4/c28-25(20-10-5-15-27-20)31-26-29-21-13-11-16-6-1-3-8-18(16)23(21)24-19-9-4-2-7-17(19)12-14-22(24)30-26/h1-4,6-9,11-14,20,27H,5,10,15H2/t20-/m0/s1. The summed E-state index contributed by atoms with van der Waals surface area (Å²) < 4.78 is 17.9. The summed E-state index contributed by atoms with van der Waals surface area (Å²) in [6.07, 6.45) is 1.71. The van der Waals surface area contributed by atoms with Gasteiger partial charge in [-0.3, -0.25) is 4.79 Å². The third-order valence-corrected chi connectivity index (χ3v) is 6.04. The van der Waals surface area contributed by atoms with Gasteiger partial charge in [0.05, 0.1) is 0 Å². The van der Waals surface area contributed by atoms with Gasteiger partial charge in [0, 0.05) is 11.1 Å². The molecule has 4 aromatic rings. The number of hydrogen-bond donors (Lipinski definition) is 1. The van der Waals surface area contributed by atoms with Crippen LogP contribution in [-0.2, 0) is 9.45 Å². The van der Waals surface area contributed by atoms with Gasteiger partial charge in [-0.2, -0.15) is 0 Å². The van der Waals surface area contributed by atoms with Crippen LogP contribution in [0.1, 0.15) is 12.8 Å². The van der Waals surface area contributed by atoms with E-state index in [1.165, 1.54) is 0 Å². The largest absolute Gasteiger partial charge is 0.866 e. The van der Waals surface area contributed by atoms with Crippen molar-refractivity contribution in [3.05, 3.63) is 72.8 Å². The first-order chi connectivity index (χ1) is 15.3. The molecular weight excluding hydrogens is 389 g/mol. The highest BCUT2D eigenvalue weighted by molar-refractivity contribution is 6.42. The first-order valence-electron chi connectivity index (χ1n) is 10.6. The van der Waals surface area contributed by atoms with Crippen LogP contribution in [0.15, 0.2) is 72.8 Å². The van der Waals surface area contributed by atoms with Gasteiger partial charge in [0.1, 0.15) is 17.5 Å². The highest BCUT2D eigenvalue weighted by atomic mass is 16.7. The van der Waals surface area contributed by atoms with Crippen molar-refractivity contribution < 1.29 is 18.8 Å². The molecular formula is C25H20BNO4. The van der Waals surface area contributed by atoms with Gasteiger partial charge >= 0.3 is 13.3 Å². The van der Waals surface area contributed by atoms with Gasteiger partial charge in [0.15, 0.2) is 0 Å². The van der Waals surface area contributed by atoms with Crippen molar-refractivity contribution in [3.63, 3.8) is 0 Å². The van der Waals surface area contributed by atoms with E-state index >= 15 is 0 Å². The van der Waals surface area contributed by atoms with E-state index in [-0.39, 0.29) is 12.0 Å². The Hall–Kier alpha value is -3.51. The van der Waals surface area contributed by atoms with Gasteiger partial charge in [-0.05, 0) is 53.1 Å². The van der Waals surface area contributed by atoms with Gasteiger partial charge in [0.2, 0.25) is 0 Å². The molecule has 2 heterocycles. The molecule has 0 aliphatic carbocycles. The summed E-state index contributed by atoms with van der Waals surface area (Å²) in [4.78, 5) is 12.6. The summed E-state index contributed by atoms with van der Waals surface area (Å²) in [7, 11) is -1.16. The monoisotopic (exact) mass is 409 g/mol. The van der Waals surface area contributed by atoms with Crippen molar-refractivity contribution in [3.8, 4) is 22.6 Å². The number of carbonyl (C=O) groups is 1. The number of benzene rings is 4. The minimum absolute atomic E-state index is 0.317. The third-order valence-electron chi connectivity index (χ3n) is 6.04. The molecule has 1 atom stereocenters. The maximum absolute atomic E-state index is 12.6. The molecule has 5 nitrogen and oxygen atoms in total. The van der Waals surface area contributed by atoms with E-state index in [1.807, 2.05) is 48.5 Å². The molecule has 4 aromatic carbocycles. The van der Waals surface area contributed by atoms with Crippen molar-refractivity contribution in [1.29, 1.82) is 0 Å². The Morgan fingerprint density at radius 2 is 1.42 bits per heavy atom. The fourth-order valence-corrected chi connectivity index (χ4v) is 4.56. The molecule has 0 saturated carbocycles. The van der Waals surface area contributed by atoms with E-state index in [2.05, 4.69) is 29.6 Å². The molecule has 1 saturated heterocycles. The number of nitrogens with one attached hydrogen (secondary N) is 1. The van der Waals surface area contributed by atoms with Gasteiger partial charge in [-0.25, -0.2) is 0 Å². The van der Waals surface area contributed by atoms with E-state index in [0.29, 0.717) is 11.5 Å².